The van der Waals surface area contributed by atoms with Crippen LogP contribution in [0.15, 0.2) is 12.3 Å². The van der Waals surface area contributed by atoms with E-state index in [0.717, 1.165) is 11.3 Å². The van der Waals surface area contributed by atoms with Crippen LogP contribution in [0, 0.1) is 6.92 Å². The third-order valence-corrected chi connectivity index (χ3v) is 1.98. The lowest BCUT2D eigenvalue weighted by Crippen LogP contribution is -2.17. The van der Waals surface area contributed by atoms with Gasteiger partial charge in [0.1, 0.15) is 0 Å². The van der Waals surface area contributed by atoms with Crippen LogP contribution in [-0.4, -0.2) is 10.9 Å². The highest BCUT2D eigenvalue weighted by molar-refractivity contribution is 5.95. The van der Waals surface area contributed by atoms with Crippen molar-refractivity contribution in [1.29, 1.82) is 0 Å². The van der Waals surface area contributed by atoms with Crippen LogP contribution >= 0.6 is 0 Å². The molecular formula is C10H14N2O. The summed E-state index contributed by atoms with van der Waals surface area (Å²) in [6.07, 6.45) is 1.71. The predicted octanol–water partition coefficient (Wildman–Crippen LogP) is 1.61. The van der Waals surface area contributed by atoms with Gasteiger partial charge < -0.3 is 5.73 Å². The fourth-order valence-electron chi connectivity index (χ4n) is 1.34. The summed E-state index contributed by atoms with van der Waals surface area (Å²) < 4.78 is 0. The van der Waals surface area contributed by atoms with Gasteiger partial charge in [-0.1, -0.05) is 13.8 Å². The molecule has 0 spiro atoms. The van der Waals surface area contributed by atoms with E-state index in [9.17, 15) is 4.79 Å². The molecule has 0 unspecified atom stereocenters. The second-order valence-corrected chi connectivity index (χ2v) is 3.41. The average molecular weight is 178 g/mol. The van der Waals surface area contributed by atoms with Crippen molar-refractivity contribution in [2.75, 3.05) is 0 Å². The molecule has 3 heteroatoms. The number of primary amides is 1. The van der Waals surface area contributed by atoms with Crippen molar-refractivity contribution in [2.45, 2.75) is 26.7 Å². The summed E-state index contributed by atoms with van der Waals surface area (Å²) in [6, 6.07) is 1.80. The highest BCUT2D eigenvalue weighted by atomic mass is 16.1. The maximum Gasteiger partial charge on any atom is 0.250 e. The van der Waals surface area contributed by atoms with Crippen molar-refractivity contribution >= 4 is 5.91 Å². The number of hydrogen-bond acceptors (Lipinski definition) is 2. The number of carbonyl (C=O) groups excluding carboxylic acids is 1. The summed E-state index contributed by atoms with van der Waals surface area (Å²) in [7, 11) is 0. The number of rotatable bonds is 2. The number of aromatic nitrogens is 1. The molecule has 1 aromatic heterocycles. The zero-order valence-electron chi connectivity index (χ0n) is 8.16. The first-order valence-electron chi connectivity index (χ1n) is 4.29. The van der Waals surface area contributed by atoms with E-state index in [1.54, 1.807) is 12.3 Å². The van der Waals surface area contributed by atoms with E-state index in [2.05, 4.69) is 4.98 Å². The molecular weight excluding hydrogens is 164 g/mol. The maximum absolute atomic E-state index is 11.1. The second-order valence-electron chi connectivity index (χ2n) is 3.41. The number of hydrogen-bond donors (Lipinski definition) is 1. The molecule has 0 aliphatic heterocycles. The normalized spacial score (nSPS) is 10.5. The molecule has 0 bridgehead atoms. The molecule has 2 N–H and O–H groups in total. The molecule has 0 radical (unpaired) electrons. The van der Waals surface area contributed by atoms with Gasteiger partial charge in [0, 0.05) is 6.20 Å². The molecule has 0 saturated heterocycles. The van der Waals surface area contributed by atoms with E-state index >= 15 is 0 Å². The molecule has 0 aliphatic rings. The third kappa shape index (κ3) is 1.86. The summed E-state index contributed by atoms with van der Waals surface area (Å²) in [4.78, 5) is 15.3. The lowest BCUT2D eigenvalue weighted by molar-refractivity contribution is 0.0998. The van der Waals surface area contributed by atoms with Gasteiger partial charge >= 0.3 is 0 Å². The molecule has 1 aromatic rings. The monoisotopic (exact) mass is 178 g/mol. The van der Waals surface area contributed by atoms with Crippen LogP contribution < -0.4 is 5.73 Å². The molecule has 3 nitrogen and oxygen atoms in total. The lowest BCUT2D eigenvalue weighted by Gasteiger charge is -2.10. The van der Waals surface area contributed by atoms with Crippen molar-refractivity contribution < 1.29 is 4.79 Å². The largest absolute Gasteiger partial charge is 0.366 e. The Bertz CT molecular complexity index is 332. The smallest absolute Gasteiger partial charge is 0.250 e. The number of nitrogens with zero attached hydrogens (tertiary/aromatic N) is 1. The zero-order valence-corrected chi connectivity index (χ0v) is 8.16. The highest BCUT2D eigenvalue weighted by Crippen LogP contribution is 2.18. The van der Waals surface area contributed by atoms with E-state index in [1.807, 2.05) is 20.8 Å². The molecule has 1 heterocycles. The van der Waals surface area contributed by atoms with E-state index in [-0.39, 0.29) is 5.92 Å². The highest BCUT2D eigenvalue weighted by Gasteiger charge is 2.14. The first-order valence-corrected chi connectivity index (χ1v) is 4.29. The minimum atomic E-state index is -0.394. The minimum absolute atomic E-state index is 0.224. The minimum Gasteiger partial charge on any atom is -0.366 e. The Morgan fingerprint density at radius 1 is 1.54 bits per heavy atom. The molecule has 70 valence electrons. The van der Waals surface area contributed by atoms with Crippen molar-refractivity contribution in [2.24, 2.45) is 5.73 Å². The average Bonchev–Trinajstić information content (AvgIpc) is 2.02. The van der Waals surface area contributed by atoms with Crippen LogP contribution in [-0.2, 0) is 0 Å². The summed E-state index contributed by atoms with van der Waals surface area (Å²) >= 11 is 0. The molecule has 1 rings (SSSR count). The summed E-state index contributed by atoms with van der Waals surface area (Å²) in [6.45, 7) is 5.86. The zero-order chi connectivity index (χ0) is 10.0. The van der Waals surface area contributed by atoms with Crippen molar-refractivity contribution in [1.82, 2.24) is 4.98 Å². The van der Waals surface area contributed by atoms with Gasteiger partial charge in [0.15, 0.2) is 0 Å². The maximum atomic E-state index is 11.1. The third-order valence-electron chi connectivity index (χ3n) is 1.98. The molecule has 13 heavy (non-hydrogen) atoms. The summed E-state index contributed by atoms with van der Waals surface area (Å²) in [5.41, 5.74) is 7.52. The van der Waals surface area contributed by atoms with E-state index in [0.29, 0.717) is 5.56 Å². The van der Waals surface area contributed by atoms with Crippen LogP contribution in [0.2, 0.25) is 0 Å². The van der Waals surface area contributed by atoms with Crippen LogP contribution in [0.5, 0.6) is 0 Å². The van der Waals surface area contributed by atoms with Crippen molar-refractivity contribution in [3.8, 4) is 0 Å². The van der Waals surface area contributed by atoms with Gasteiger partial charge in [-0.25, -0.2) is 0 Å². The molecule has 0 atom stereocenters. The van der Waals surface area contributed by atoms with Crippen molar-refractivity contribution in [3.05, 3.63) is 29.1 Å². The number of carbonyl (C=O) groups is 1. The quantitative estimate of drug-likeness (QED) is 0.748. The Balaban J connectivity index is 3.34. The first kappa shape index (κ1) is 9.71. The van der Waals surface area contributed by atoms with Crippen LogP contribution in [0.1, 0.15) is 41.4 Å². The standard InChI is InChI=1S/C10H14N2O/c1-6(2)9-8(10(11)13)7(3)4-5-12-9/h4-6H,1-3H3,(H2,11,13). The van der Waals surface area contributed by atoms with Gasteiger partial charge in [-0.2, -0.15) is 0 Å². The fourth-order valence-corrected chi connectivity index (χ4v) is 1.34. The summed E-state index contributed by atoms with van der Waals surface area (Å²) in [5, 5.41) is 0. The van der Waals surface area contributed by atoms with Crippen LogP contribution in [0.4, 0.5) is 0 Å². The van der Waals surface area contributed by atoms with Gasteiger partial charge in [0.25, 0.3) is 5.91 Å². The van der Waals surface area contributed by atoms with Gasteiger partial charge in [-0.3, -0.25) is 9.78 Å². The first-order chi connectivity index (χ1) is 6.04. The predicted molar refractivity (Wildman–Crippen MR) is 51.6 cm³/mol. The molecule has 1 amide bonds. The SMILES string of the molecule is Cc1ccnc(C(C)C)c1C(N)=O. The topological polar surface area (TPSA) is 56.0 Å². The van der Waals surface area contributed by atoms with Gasteiger partial charge in [0.2, 0.25) is 0 Å². The number of pyridine rings is 1. The molecule has 0 aromatic carbocycles. The van der Waals surface area contributed by atoms with Gasteiger partial charge in [-0.05, 0) is 24.5 Å². The lowest BCUT2D eigenvalue weighted by atomic mass is 9.99. The Kier molecular flexibility index (Phi) is 2.66. The number of nitrogens with two attached hydrogens (primary N) is 1. The molecule has 0 saturated carbocycles. The van der Waals surface area contributed by atoms with Crippen LogP contribution in [0.25, 0.3) is 0 Å². The molecule has 0 aliphatic carbocycles. The van der Waals surface area contributed by atoms with Crippen molar-refractivity contribution in [3.63, 3.8) is 0 Å². The Labute approximate surface area is 78.0 Å². The fraction of sp³-hybridized carbons (Fsp3) is 0.400. The molecule has 0 fully saturated rings. The second kappa shape index (κ2) is 3.56. The summed E-state index contributed by atoms with van der Waals surface area (Å²) in [5.74, 6) is -0.170. The Morgan fingerprint density at radius 3 is 2.54 bits per heavy atom. The van der Waals surface area contributed by atoms with Crippen LogP contribution in [0.3, 0.4) is 0 Å². The number of aryl methyl sites for hydroxylation is 1. The van der Waals surface area contributed by atoms with E-state index < -0.39 is 5.91 Å². The van der Waals surface area contributed by atoms with Gasteiger partial charge in [0.05, 0.1) is 11.3 Å². The van der Waals surface area contributed by atoms with Gasteiger partial charge in [-0.15, -0.1) is 0 Å². The van der Waals surface area contributed by atoms with E-state index in [4.69, 9.17) is 5.73 Å². The number of amides is 1. The van der Waals surface area contributed by atoms with E-state index in [1.165, 1.54) is 0 Å². The Morgan fingerprint density at radius 2 is 2.15 bits per heavy atom. The Hall–Kier alpha value is -1.38.